The zero-order chi connectivity index (χ0) is 13.1. The minimum atomic E-state index is -0.471. The second kappa shape index (κ2) is 9.23. The lowest BCUT2D eigenvalue weighted by Crippen LogP contribution is -2.10. The monoisotopic (exact) mass is 241 g/mol. The lowest BCUT2D eigenvalue weighted by molar-refractivity contribution is -0.145. The molecule has 0 amide bonds. The highest BCUT2D eigenvalue weighted by atomic mass is 16.5. The first-order valence-electron chi connectivity index (χ1n) is 5.07. The largest absolute Gasteiger partial charge is 0.466 e. The van der Waals surface area contributed by atoms with Gasteiger partial charge in [-0.15, -0.1) is 0 Å². The second-order valence-corrected chi connectivity index (χ2v) is 3.19. The molecule has 0 spiro atoms. The summed E-state index contributed by atoms with van der Waals surface area (Å²) in [7, 11) is 0. The number of esters is 2. The van der Waals surface area contributed by atoms with Crippen LogP contribution in [0.3, 0.4) is 0 Å². The highest BCUT2D eigenvalue weighted by molar-refractivity contribution is 5.86. The molecule has 0 rings (SSSR count). The van der Waals surface area contributed by atoms with Gasteiger partial charge < -0.3 is 9.47 Å². The van der Waals surface area contributed by atoms with E-state index >= 15 is 0 Å². The van der Waals surface area contributed by atoms with Crippen molar-refractivity contribution in [1.29, 1.82) is 0 Å². The van der Waals surface area contributed by atoms with Crippen LogP contribution in [0.2, 0.25) is 0 Å². The molecule has 0 saturated heterocycles. The molecule has 0 heterocycles. The van der Waals surface area contributed by atoms with Gasteiger partial charge in [0.25, 0.3) is 0 Å². The van der Waals surface area contributed by atoms with Gasteiger partial charge in [-0.2, -0.15) is 0 Å². The fourth-order valence-corrected chi connectivity index (χ4v) is 0.822. The molecule has 0 aromatic carbocycles. The van der Waals surface area contributed by atoms with Crippen molar-refractivity contribution in [2.24, 2.45) is 5.11 Å². The van der Waals surface area contributed by atoms with E-state index in [4.69, 9.17) is 15.0 Å². The average Bonchev–Trinajstić information content (AvgIpc) is 2.29. The van der Waals surface area contributed by atoms with Crippen LogP contribution in [0.4, 0.5) is 0 Å². The van der Waals surface area contributed by atoms with Crippen molar-refractivity contribution in [3.05, 3.63) is 22.6 Å². The normalized spacial score (nSPS) is 9.00. The smallest absolute Gasteiger partial charge is 0.333 e. The molecule has 0 atom stereocenters. The molecule has 17 heavy (non-hydrogen) atoms. The molecular formula is C10H15N3O4. The summed E-state index contributed by atoms with van der Waals surface area (Å²) in [5.74, 6) is -0.883. The van der Waals surface area contributed by atoms with E-state index in [0.717, 1.165) is 0 Å². The highest BCUT2D eigenvalue weighted by Gasteiger charge is 2.05. The van der Waals surface area contributed by atoms with E-state index in [-0.39, 0.29) is 26.2 Å². The van der Waals surface area contributed by atoms with Crippen LogP contribution < -0.4 is 0 Å². The Morgan fingerprint density at radius 2 is 2.06 bits per heavy atom. The maximum Gasteiger partial charge on any atom is 0.333 e. The van der Waals surface area contributed by atoms with Crippen molar-refractivity contribution in [2.75, 3.05) is 19.8 Å². The first-order chi connectivity index (χ1) is 8.07. The maximum absolute atomic E-state index is 11.1. The second-order valence-electron chi connectivity index (χ2n) is 3.19. The van der Waals surface area contributed by atoms with Crippen molar-refractivity contribution in [3.8, 4) is 0 Å². The van der Waals surface area contributed by atoms with Gasteiger partial charge in [0.15, 0.2) is 0 Å². The van der Waals surface area contributed by atoms with Crippen molar-refractivity contribution in [3.63, 3.8) is 0 Å². The van der Waals surface area contributed by atoms with Crippen LogP contribution in [0.5, 0.6) is 0 Å². The molecule has 7 nitrogen and oxygen atoms in total. The van der Waals surface area contributed by atoms with E-state index in [2.05, 4.69) is 16.6 Å². The Hall–Kier alpha value is -2.01. The molecule has 0 aliphatic heterocycles. The Labute approximate surface area is 99.0 Å². The quantitative estimate of drug-likeness (QED) is 0.161. The maximum atomic E-state index is 11.1. The molecule has 0 N–H and O–H groups in total. The van der Waals surface area contributed by atoms with Crippen LogP contribution in [0.1, 0.15) is 19.8 Å². The van der Waals surface area contributed by atoms with Gasteiger partial charge in [0.05, 0.1) is 19.8 Å². The number of carbonyl (C=O) groups excluding carboxylic acids is 2. The molecule has 0 aliphatic carbocycles. The van der Waals surface area contributed by atoms with E-state index in [1.54, 1.807) is 6.92 Å². The Morgan fingerprint density at radius 3 is 2.65 bits per heavy atom. The van der Waals surface area contributed by atoms with Crippen LogP contribution in [-0.4, -0.2) is 31.7 Å². The third kappa shape index (κ3) is 8.95. The minimum absolute atomic E-state index is 0.0639. The van der Waals surface area contributed by atoms with Crippen LogP contribution in [0, 0.1) is 0 Å². The summed E-state index contributed by atoms with van der Waals surface area (Å²) >= 11 is 0. The molecule has 0 fully saturated rings. The number of hydrogen-bond acceptors (Lipinski definition) is 5. The number of hydrogen-bond donors (Lipinski definition) is 0. The van der Waals surface area contributed by atoms with Gasteiger partial charge in [-0.25, -0.2) is 4.79 Å². The van der Waals surface area contributed by atoms with Crippen molar-refractivity contribution in [1.82, 2.24) is 0 Å². The Morgan fingerprint density at radius 1 is 1.35 bits per heavy atom. The molecule has 0 aliphatic rings. The summed E-state index contributed by atoms with van der Waals surface area (Å²) in [6.45, 7) is 5.30. The first-order valence-corrected chi connectivity index (χ1v) is 5.07. The Bertz CT molecular complexity index is 334. The molecule has 0 aromatic heterocycles. The summed E-state index contributed by atoms with van der Waals surface area (Å²) in [4.78, 5) is 24.5. The first kappa shape index (κ1) is 15.0. The van der Waals surface area contributed by atoms with Crippen LogP contribution in [-0.2, 0) is 19.1 Å². The Balaban J connectivity index is 3.48. The van der Waals surface area contributed by atoms with Gasteiger partial charge in [0.1, 0.15) is 0 Å². The molecule has 94 valence electrons. The topological polar surface area (TPSA) is 101 Å². The number of nitrogens with zero attached hydrogens (tertiary/aromatic N) is 3. The molecule has 0 saturated carbocycles. The van der Waals surface area contributed by atoms with E-state index < -0.39 is 11.9 Å². The highest BCUT2D eigenvalue weighted by Crippen LogP contribution is 1.97. The van der Waals surface area contributed by atoms with E-state index in [9.17, 15) is 9.59 Å². The molecule has 0 aromatic rings. The average molecular weight is 241 g/mol. The standard InChI is InChI=1S/C10H15N3O4/c1-8(2)10(15)17-6-3-4-9(14)16-7-5-12-13-11/h1,3-7H2,2H3. The minimum Gasteiger partial charge on any atom is -0.466 e. The predicted molar refractivity (Wildman–Crippen MR) is 60.0 cm³/mol. The van der Waals surface area contributed by atoms with E-state index in [0.29, 0.717) is 12.0 Å². The molecule has 0 bridgehead atoms. The molecular weight excluding hydrogens is 226 g/mol. The van der Waals surface area contributed by atoms with Crippen molar-refractivity contribution in [2.45, 2.75) is 19.8 Å². The van der Waals surface area contributed by atoms with E-state index in [1.807, 2.05) is 0 Å². The molecule has 0 radical (unpaired) electrons. The van der Waals surface area contributed by atoms with Gasteiger partial charge in [-0.05, 0) is 18.9 Å². The number of carbonyl (C=O) groups is 2. The third-order valence-corrected chi connectivity index (χ3v) is 1.62. The van der Waals surface area contributed by atoms with Gasteiger partial charge in [0, 0.05) is 16.9 Å². The Kier molecular flexibility index (Phi) is 8.14. The van der Waals surface area contributed by atoms with Crippen LogP contribution in [0.25, 0.3) is 10.4 Å². The van der Waals surface area contributed by atoms with Gasteiger partial charge >= 0.3 is 11.9 Å². The SMILES string of the molecule is C=C(C)C(=O)OCCCC(=O)OCCN=[N+]=[N-]. The zero-order valence-corrected chi connectivity index (χ0v) is 9.72. The number of ether oxygens (including phenoxy) is 2. The fourth-order valence-electron chi connectivity index (χ4n) is 0.822. The van der Waals surface area contributed by atoms with Crippen LogP contribution in [0.15, 0.2) is 17.3 Å². The summed E-state index contributed by atoms with van der Waals surface area (Å²) in [5.41, 5.74) is 8.29. The third-order valence-electron chi connectivity index (χ3n) is 1.62. The summed E-state index contributed by atoms with van der Waals surface area (Å²) in [6.07, 6.45) is 0.541. The summed E-state index contributed by atoms with van der Waals surface area (Å²) in [6, 6.07) is 0. The molecule has 0 unspecified atom stereocenters. The lowest BCUT2D eigenvalue weighted by atomic mass is 10.3. The molecule has 7 heteroatoms. The van der Waals surface area contributed by atoms with Gasteiger partial charge in [0.2, 0.25) is 0 Å². The number of azide groups is 1. The summed E-state index contributed by atoms with van der Waals surface area (Å²) < 4.78 is 9.52. The van der Waals surface area contributed by atoms with Gasteiger partial charge in [-0.3, -0.25) is 4.79 Å². The van der Waals surface area contributed by atoms with Gasteiger partial charge in [-0.1, -0.05) is 11.7 Å². The van der Waals surface area contributed by atoms with Crippen molar-refractivity contribution >= 4 is 11.9 Å². The van der Waals surface area contributed by atoms with Crippen LogP contribution >= 0.6 is 0 Å². The fraction of sp³-hybridized carbons (Fsp3) is 0.600. The van der Waals surface area contributed by atoms with E-state index in [1.165, 1.54) is 0 Å². The number of rotatable bonds is 8. The lowest BCUT2D eigenvalue weighted by Gasteiger charge is -2.04. The zero-order valence-electron chi connectivity index (χ0n) is 9.72. The predicted octanol–water partition coefficient (Wildman–Crippen LogP) is 1.74. The van der Waals surface area contributed by atoms with Crippen molar-refractivity contribution < 1.29 is 19.1 Å². The summed E-state index contributed by atoms with van der Waals surface area (Å²) in [5, 5.41) is 3.21.